The monoisotopic (exact) mass is 507 g/mol. The largest absolute Gasteiger partial charge is 0.395 e. The lowest BCUT2D eigenvalue weighted by molar-refractivity contribution is -0.127. The number of nitrogens with zero attached hydrogens (tertiary/aromatic N) is 4. The highest BCUT2D eigenvalue weighted by atomic mass is 35.5. The Morgan fingerprint density at radius 3 is 2.61 bits per heavy atom. The van der Waals surface area contributed by atoms with Crippen LogP contribution < -0.4 is 11.3 Å². The molecule has 4 rings (SSSR count). The molecule has 0 bridgehead atoms. The minimum Gasteiger partial charge on any atom is -0.395 e. The number of rotatable bonds is 8. The third-order valence-electron chi connectivity index (χ3n) is 6.11. The van der Waals surface area contributed by atoms with E-state index in [0.29, 0.717) is 51.7 Å². The van der Waals surface area contributed by atoms with Crippen LogP contribution in [-0.4, -0.2) is 51.0 Å². The number of carbonyl (C=O) groups excluding carboxylic acids is 1. The zero-order valence-electron chi connectivity index (χ0n) is 20.5. The second-order valence-electron chi connectivity index (χ2n) is 8.83. The summed E-state index contributed by atoms with van der Waals surface area (Å²) in [5.74, 6) is 0.302. The highest BCUT2D eigenvalue weighted by Crippen LogP contribution is 2.37. The summed E-state index contributed by atoms with van der Waals surface area (Å²) in [6.07, 6.45) is 5.24. The predicted octanol–water partition coefficient (Wildman–Crippen LogP) is 4.13. The Balaban J connectivity index is 1.75. The van der Waals surface area contributed by atoms with Gasteiger partial charge in [-0.25, -0.2) is 9.98 Å². The number of aliphatic hydroxyl groups is 1. The Labute approximate surface area is 214 Å². The van der Waals surface area contributed by atoms with Crippen LogP contribution in [-0.2, 0) is 11.3 Å². The molecule has 0 unspecified atom stereocenters. The van der Waals surface area contributed by atoms with Crippen LogP contribution in [0, 0.1) is 0 Å². The van der Waals surface area contributed by atoms with E-state index in [4.69, 9.17) is 22.4 Å². The van der Waals surface area contributed by atoms with Crippen LogP contribution >= 0.6 is 11.6 Å². The summed E-state index contributed by atoms with van der Waals surface area (Å²) in [4.78, 5) is 36.7. The smallest absolute Gasteiger partial charge is 0.261 e. The lowest BCUT2D eigenvalue weighted by Crippen LogP contribution is -2.34. The number of amides is 1. The van der Waals surface area contributed by atoms with Gasteiger partial charge in [0.15, 0.2) is 0 Å². The molecule has 2 heterocycles. The zero-order chi connectivity index (χ0) is 25.8. The summed E-state index contributed by atoms with van der Waals surface area (Å²) in [5, 5.41) is 10.1. The van der Waals surface area contributed by atoms with Crippen molar-refractivity contribution in [1.82, 2.24) is 14.5 Å². The molecule has 1 aliphatic rings. The average molecular weight is 508 g/mol. The molecule has 36 heavy (non-hydrogen) atoms. The predicted molar refractivity (Wildman–Crippen MR) is 145 cm³/mol. The first-order valence-electron chi connectivity index (χ1n) is 12.1. The SMILES string of the molecule is CCCN(CCC)C(=O)C1=Cc2c(Cl)cc(-c3ccc4c(=O)n(CCO)cnc4c3)cc2N=C(N)C1. The van der Waals surface area contributed by atoms with Crippen LogP contribution in [0.1, 0.15) is 38.7 Å². The summed E-state index contributed by atoms with van der Waals surface area (Å²) in [6.45, 7) is 5.51. The van der Waals surface area contributed by atoms with E-state index in [-0.39, 0.29) is 31.0 Å². The van der Waals surface area contributed by atoms with E-state index in [0.717, 1.165) is 24.0 Å². The molecule has 1 aromatic heterocycles. The Bertz CT molecular complexity index is 1420. The number of aliphatic imine (C=N–C) groups is 1. The molecule has 0 atom stereocenters. The van der Waals surface area contributed by atoms with Gasteiger partial charge < -0.3 is 15.7 Å². The van der Waals surface area contributed by atoms with E-state index >= 15 is 0 Å². The van der Waals surface area contributed by atoms with Crippen molar-refractivity contribution in [2.45, 2.75) is 39.7 Å². The number of aromatic nitrogens is 2. The molecule has 1 amide bonds. The lowest BCUT2D eigenvalue weighted by Gasteiger charge is -2.22. The van der Waals surface area contributed by atoms with Gasteiger partial charge >= 0.3 is 0 Å². The first-order valence-corrected chi connectivity index (χ1v) is 12.5. The highest BCUT2D eigenvalue weighted by molar-refractivity contribution is 6.33. The molecule has 0 radical (unpaired) electrons. The van der Waals surface area contributed by atoms with Crippen molar-refractivity contribution >= 4 is 46.0 Å². The third kappa shape index (κ3) is 5.20. The number of hydrogen-bond acceptors (Lipinski definition) is 6. The van der Waals surface area contributed by atoms with Crippen molar-refractivity contribution in [3.05, 3.63) is 63.2 Å². The van der Waals surface area contributed by atoms with E-state index in [2.05, 4.69) is 9.98 Å². The summed E-state index contributed by atoms with van der Waals surface area (Å²) in [6, 6.07) is 9.06. The van der Waals surface area contributed by atoms with Gasteiger partial charge in [-0.3, -0.25) is 14.2 Å². The van der Waals surface area contributed by atoms with Gasteiger partial charge in [-0.15, -0.1) is 0 Å². The number of nitrogens with two attached hydrogens (primary N) is 1. The number of benzene rings is 2. The van der Waals surface area contributed by atoms with E-state index in [9.17, 15) is 9.59 Å². The van der Waals surface area contributed by atoms with Crippen molar-refractivity contribution in [3.63, 3.8) is 0 Å². The van der Waals surface area contributed by atoms with Crippen molar-refractivity contribution in [2.24, 2.45) is 10.7 Å². The molecule has 3 N–H and O–H groups in total. The average Bonchev–Trinajstić information content (AvgIpc) is 3.03. The minimum atomic E-state index is -0.208. The molecule has 0 saturated heterocycles. The van der Waals surface area contributed by atoms with Crippen LogP contribution in [0.4, 0.5) is 5.69 Å². The van der Waals surface area contributed by atoms with Crippen molar-refractivity contribution < 1.29 is 9.90 Å². The first kappa shape index (κ1) is 25.6. The standard InChI is InChI=1S/C27H30ClN5O3/c1-3-7-32(8-4-2)26(35)19-11-21-22(28)12-18(14-24(21)31-25(29)15-19)17-5-6-20-23(13-17)30-16-33(9-10-34)27(20)36/h5-6,11-14,16,34H,3-4,7-10,15H2,1-2H3,(H2,29,31). The first-order chi connectivity index (χ1) is 17.4. The number of amidine groups is 1. The number of aliphatic hydroxyl groups excluding tert-OH is 1. The van der Waals surface area contributed by atoms with Gasteiger partial charge in [0.1, 0.15) is 5.84 Å². The van der Waals surface area contributed by atoms with Crippen LogP contribution in [0.5, 0.6) is 0 Å². The number of carbonyl (C=O) groups is 1. The van der Waals surface area contributed by atoms with E-state index in [1.807, 2.05) is 43.0 Å². The van der Waals surface area contributed by atoms with Gasteiger partial charge in [-0.2, -0.15) is 0 Å². The third-order valence-corrected chi connectivity index (χ3v) is 6.42. The van der Waals surface area contributed by atoms with Crippen LogP contribution in [0.2, 0.25) is 5.02 Å². The molecule has 8 nitrogen and oxygen atoms in total. The zero-order valence-corrected chi connectivity index (χ0v) is 21.3. The molecular formula is C27H30ClN5O3. The Kier molecular flexibility index (Phi) is 7.86. The minimum absolute atomic E-state index is 0.0442. The molecule has 0 fully saturated rings. The van der Waals surface area contributed by atoms with Gasteiger partial charge in [-0.05, 0) is 54.3 Å². The van der Waals surface area contributed by atoms with Gasteiger partial charge in [0.25, 0.3) is 5.56 Å². The molecule has 9 heteroatoms. The molecule has 0 saturated carbocycles. The summed E-state index contributed by atoms with van der Waals surface area (Å²) < 4.78 is 1.38. The number of hydrogen-bond donors (Lipinski definition) is 2. The molecule has 0 spiro atoms. The second-order valence-corrected chi connectivity index (χ2v) is 9.24. The molecular weight excluding hydrogens is 478 g/mol. The summed E-state index contributed by atoms with van der Waals surface area (Å²) in [5.41, 5.74) is 9.98. The van der Waals surface area contributed by atoms with E-state index in [1.165, 1.54) is 10.9 Å². The van der Waals surface area contributed by atoms with Crippen LogP contribution in [0.3, 0.4) is 0 Å². The topological polar surface area (TPSA) is 114 Å². The Hall–Kier alpha value is -3.49. The van der Waals surface area contributed by atoms with Gasteiger partial charge in [0.05, 0.1) is 41.1 Å². The van der Waals surface area contributed by atoms with Crippen molar-refractivity contribution in [3.8, 4) is 11.1 Å². The summed E-state index contributed by atoms with van der Waals surface area (Å²) >= 11 is 6.72. The van der Waals surface area contributed by atoms with Crippen LogP contribution in [0.25, 0.3) is 28.1 Å². The van der Waals surface area contributed by atoms with Gasteiger partial charge in [0, 0.05) is 30.6 Å². The maximum absolute atomic E-state index is 13.3. The molecule has 1 aliphatic heterocycles. The Morgan fingerprint density at radius 2 is 1.92 bits per heavy atom. The summed E-state index contributed by atoms with van der Waals surface area (Å²) in [7, 11) is 0. The van der Waals surface area contributed by atoms with Crippen molar-refractivity contribution in [2.75, 3.05) is 19.7 Å². The quantitative estimate of drug-likeness (QED) is 0.475. The van der Waals surface area contributed by atoms with E-state index in [1.54, 1.807) is 12.1 Å². The molecule has 3 aromatic rings. The maximum atomic E-state index is 13.3. The van der Waals surface area contributed by atoms with Gasteiger partial charge in [-0.1, -0.05) is 31.5 Å². The fourth-order valence-corrected chi connectivity index (χ4v) is 4.69. The lowest BCUT2D eigenvalue weighted by atomic mass is 9.99. The fourth-order valence-electron chi connectivity index (χ4n) is 4.42. The second kappa shape index (κ2) is 11.1. The molecule has 2 aromatic carbocycles. The van der Waals surface area contributed by atoms with E-state index < -0.39 is 0 Å². The normalized spacial score (nSPS) is 13.1. The number of halogens is 1. The van der Waals surface area contributed by atoms with Crippen LogP contribution in [0.15, 0.2) is 52.0 Å². The molecule has 0 aliphatic carbocycles. The fraction of sp³-hybridized carbons (Fsp3) is 0.333. The Morgan fingerprint density at radius 1 is 1.17 bits per heavy atom. The molecule has 188 valence electrons. The highest BCUT2D eigenvalue weighted by Gasteiger charge is 2.22. The van der Waals surface area contributed by atoms with Gasteiger partial charge in [0.2, 0.25) is 5.91 Å². The van der Waals surface area contributed by atoms with Crippen molar-refractivity contribution in [1.29, 1.82) is 0 Å². The maximum Gasteiger partial charge on any atom is 0.261 e. The number of fused-ring (bicyclic) bond motifs is 2.